The Bertz CT molecular complexity index is 218. The summed E-state index contributed by atoms with van der Waals surface area (Å²) in [4.78, 5) is 14.1. The maximum absolute atomic E-state index is 12.1. The Morgan fingerprint density at radius 2 is 2.13 bits per heavy atom. The van der Waals surface area contributed by atoms with E-state index in [1.807, 2.05) is 4.90 Å². The molecule has 1 fully saturated rings. The van der Waals surface area contributed by atoms with Crippen LogP contribution in [0.4, 0.5) is 0 Å². The summed E-state index contributed by atoms with van der Waals surface area (Å²) in [5, 5.41) is 0. The maximum Gasteiger partial charge on any atom is 0.227 e. The van der Waals surface area contributed by atoms with Gasteiger partial charge < -0.3 is 10.6 Å². The Kier molecular flexibility index (Phi) is 4.58. The molecule has 3 heteroatoms. The average Bonchev–Trinajstić information content (AvgIpc) is 2.95. The first-order valence-corrected chi connectivity index (χ1v) is 6.17. The van der Waals surface area contributed by atoms with Gasteiger partial charge in [0.2, 0.25) is 5.91 Å². The lowest BCUT2D eigenvalue weighted by molar-refractivity contribution is -0.134. The topological polar surface area (TPSA) is 46.3 Å². The van der Waals surface area contributed by atoms with Crippen LogP contribution < -0.4 is 5.73 Å². The molecule has 0 heterocycles. The van der Waals surface area contributed by atoms with Gasteiger partial charge in [-0.3, -0.25) is 4.79 Å². The average molecular weight is 212 g/mol. The zero-order valence-electron chi connectivity index (χ0n) is 10.2. The Hall–Kier alpha value is -0.570. The van der Waals surface area contributed by atoms with Crippen molar-refractivity contribution in [3.05, 3.63) is 0 Å². The first-order chi connectivity index (χ1) is 7.11. The van der Waals surface area contributed by atoms with Gasteiger partial charge in [0.15, 0.2) is 0 Å². The predicted octanol–water partition coefficient (Wildman–Crippen LogP) is 1.76. The predicted molar refractivity (Wildman–Crippen MR) is 62.5 cm³/mol. The molecule has 2 N–H and O–H groups in total. The third kappa shape index (κ3) is 3.20. The van der Waals surface area contributed by atoms with Gasteiger partial charge in [-0.15, -0.1) is 0 Å². The summed E-state index contributed by atoms with van der Waals surface area (Å²) in [6.45, 7) is 7.31. The molecule has 3 nitrogen and oxygen atoms in total. The molecule has 1 aliphatic rings. The van der Waals surface area contributed by atoms with E-state index < -0.39 is 0 Å². The van der Waals surface area contributed by atoms with Gasteiger partial charge in [0.1, 0.15) is 0 Å². The van der Waals surface area contributed by atoms with E-state index in [0.717, 1.165) is 32.2 Å². The normalized spacial score (nSPS) is 26.1. The van der Waals surface area contributed by atoms with Crippen molar-refractivity contribution in [1.29, 1.82) is 0 Å². The second kappa shape index (κ2) is 5.50. The van der Waals surface area contributed by atoms with Crippen LogP contribution in [-0.4, -0.2) is 29.4 Å². The number of nitrogens with zero attached hydrogens (tertiary/aromatic N) is 1. The van der Waals surface area contributed by atoms with Gasteiger partial charge in [-0.1, -0.05) is 20.3 Å². The second-order valence-corrected chi connectivity index (χ2v) is 4.65. The van der Waals surface area contributed by atoms with Crippen molar-refractivity contribution in [2.75, 3.05) is 6.54 Å². The zero-order valence-corrected chi connectivity index (χ0v) is 10.2. The lowest BCUT2D eigenvalue weighted by Gasteiger charge is -2.28. The number of unbranched alkanes of at least 4 members (excludes halogenated alkanes) is 1. The molecule has 1 amide bonds. The summed E-state index contributed by atoms with van der Waals surface area (Å²) in [5.41, 5.74) is 5.73. The highest BCUT2D eigenvalue weighted by Gasteiger charge is 2.42. The van der Waals surface area contributed by atoms with E-state index in [2.05, 4.69) is 20.8 Å². The first-order valence-electron chi connectivity index (χ1n) is 6.17. The van der Waals surface area contributed by atoms with E-state index >= 15 is 0 Å². The molecule has 0 spiro atoms. The Balaban J connectivity index is 2.50. The van der Waals surface area contributed by atoms with E-state index in [1.54, 1.807) is 0 Å². The Morgan fingerprint density at radius 1 is 1.53 bits per heavy atom. The number of hydrogen-bond donors (Lipinski definition) is 1. The third-order valence-electron chi connectivity index (χ3n) is 3.32. The van der Waals surface area contributed by atoms with E-state index in [0.29, 0.717) is 6.04 Å². The minimum atomic E-state index is 0.121. The monoisotopic (exact) mass is 212 g/mol. The van der Waals surface area contributed by atoms with Crippen LogP contribution in [0, 0.1) is 5.92 Å². The smallest absolute Gasteiger partial charge is 0.227 e. The lowest BCUT2D eigenvalue weighted by atomic mass is 10.1. The highest BCUT2D eigenvalue weighted by atomic mass is 16.2. The fraction of sp³-hybridized carbons (Fsp3) is 0.917. The zero-order chi connectivity index (χ0) is 11.4. The lowest BCUT2D eigenvalue weighted by Crippen LogP contribution is -2.40. The van der Waals surface area contributed by atoms with E-state index in [-0.39, 0.29) is 17.9 Å². The molecule has 0 aliphatic heterocycles. The summed E-state index contributed by atoms with van der Waals surface area (Å²) in [6, 6.07) is 0.488. The van der Waals surface area contributed by atoms with E-state index in [1.165, 1.54) is 0 Å². The number of nitrogens with two attached hydrogens (primary N) is 1. The highest BCUT2D eigenvalue weighted by molar-refractivity contribution is 5.82. The Morgan fingerprint density at radius 3 is 2.53 bits per heavy atom. The van der Waals surface area contributed by atoms with Crippen LogP contribution in [-0.2, 0) is 4.79 Å². The molecule has 0 aromatic heterocycles. The minimum Gasteiger partial charge on any atom is -0.340 e. The van der Waals surface area contributed by atoms with E-state index in [4.69, 9.17) is 5.73 Å². The molecule has 0 bridgehead atoms. The van der Waals surface area contributed by atoms with Crippen LogP contribution in [0.1, 0.15) is 46.5 Å². The van der Waals surface area contributed by atoms with Gasteiger partial charge in [-0.05, 0) is 26.2 Å². The molecule has 15 heavy (non-hydrogen) atoms. The van der Waals surface area contributed by atoms with Crippen LogP contribution in [0.2, 0.25) is 0 Å². The number of carbonyl (C=O) groups is 1. The van der Waals surface area contributed by atoms with Crippen molar-refractivity contribution in [3.63, 3.8) is 0 Å². The fourth-order valence-corrected chi connectivity index (χ4v) is 1.81. The summed E-state index contributed by atoms with van der Waals surface area (Å²) in [7, 11) is 0. The highest BCUT2D eigenvalue weighted by Crippen LogP contribution is 2.31. The number of amides is 1. The first kappa shape index (κ1) is 12.5. The maximum atomic E-state index is 12.1. The Labute approximate surface area is 93.0 Å². The van der Waals surface area contributed by atoms with Crippen molar-refractivity contribution in [3.8, 4) is 0 Å². The number of carbonyl (C=O) groups excluding carboxylic acids is 1. The third-order valence-corrected chi connectivity index (χ3v) is 3.32. The van der Waals surface area contributed by atoms with Crippen molar-refractivity contribution < 1.29 is 4.79 Å². The van der Waals surface area contributed by atoms with Crippen LogP contribution in [0.3, 0.4) is 0 Å². The van der Waals surface area contributed by atoms with Crippen LogP contribution >= 0.6 is 0 Å². The summed E-state index contributed by atoms with van der Waals surface area (Å²) in [5.74, 6) is 0.404. The van der Waals surface area contributed by atoms with Crippen molar-refractivity contribution in [1.82, 2.24) is 4.90 Å². The SMILES string of the molecule is CCCCN(C(=O)C1CC1N)C(C)CC. The number of hydrogen-bond acceptors (Lipinski definition) is 2. The van der Waals surface area contributed by atoms with Gasteiger partial charge >= 0.3 is 0 Å². The molecule has 1 rings (SSSR count). The molecule has 1 saturated carbocycles. The standard InChI is InChI=1S/C12H24N2O/c1-4-6-7-14(9(3)5-2)12(15)10-8-11(10)13/h9-11H,4-8,13H2,1-3H3. The van der Waals surface area contributed by atoms with Gasteiger partial charge in [0, 0.05) is 18.6 Å². The van der Waals surface area contributed by atoms with Gasteiger partial charge in [0.05, 0.1) is 5.92 Å². The largest absolute Gasteiger partial charge is 0.340 e. The van der Waals surface area contributed by atoms with Crippen molar-refractivity contribution in [2.45, 2.75) is 58.5 Å². The number of rotatable bonds is 6. The van der Waals surface area contributed by atoms with Crippen LogP contribution in [0.5, 0.6) is 0 Å². The molecule has 88 valence electrons. The fourth-order valence-electron chi connectivity index (χ4n) is 1.81. The van der Waals surface area contributed by atoms with Crippen molar-refractivity contribution in [2.24, 2.45) is 11.7 Å². The minimum absolute atomic E-state index is 0.121. The summed E-state index contributed by atoms with van der Waals surface area (Å²) in [6.07, 6.45) is 4.14. The summed E-state index contributed by atoms with van der Waals surface area (Å²) >= 11 is 0. The molecule has 3 atom stereocenters. The van der Waals surface area contributed by atoms with Crippen LogP contribution in [0.15, 0.2) is 0 Å². The molecule has 3 unspecified atom stereocenters. The molecule has 0 radical (unpaired) electrons. The van der Waals surface area contributed by atoms with Crippen molar-refractivity contribution >= 4 is 5.91 Å². The second-order valence-electron chi connectivity index (χ2n) is 4.65. The van der Waals surface area contributed by atoms with Gasteiger partial charge in [0.25, 0.3) is 0 Å². The quantitative estimate of drug-likeness (QED) is 0.729. The van der Waals surface area contributed by atoms with Crippen LogP contribution in [0.25, 0.3) is 0 Å². The molecule has 0 saturated heterocycles. The van der Waals surface area contributed by atoms with Gasteiger partial charge in [-0.2, -0.15) is 0 Å². The molecule has 1 aliphatic carbocycles. The molecular weight excluding hydrogens is 188 g/mol. The molecule has 0 aromatic carbocycles. The summed E-state index contributed by atoms with van der Waals surface area (Å²) < 4.78 is 0. The van der Waals surface area contributed by atoms with E-state index in [9.17, 15) is 4.79 Å². The molecular formula is C12H24N2O. The molecule has 0 aromatic rings. The van der Waals surface area contributed by atoms with Gasteiger partial charge in [-0.25, -0.2) is 0 Å².